The van der Waals surface area contributed by atoms with Crippen LogP contribution in [0, 0.1) is 0 Å². The quantitative estimate of drug-likeness (QED) is 0.355. The summed E-state index contributed by atoms with van der Waals surface area (Å²) in [4.78, 5) is 8.51. The second kappa shape index (κ2) is 9.58. The third kappa shape index (κ3) is 5.08. The van der Waals surface area contributed by atoms with Gasteiger partial charge in [-0.05, 0) is 34.4 Å². The number of methoxy groups -OCH3 is 1. The largest absolute Gasteiger partial charge is 0.495 e. The molecule has 0 spiro atoms. The highest BCUT2D eigenvalue weighted by Crippen LogP contribution is 2.25. The van der Waals surface area contributed by atoms with Gasteiger partial charge in [0.15, 0.2) is 5.96 Å². The molecule has 0 bridgehead atoms. The number of nitrogens with zero attached hydrogens (tertiary/aromatic N) is 4. The average Bonchev–Trinajstić information content (AvgIpc) is 3.32. The van der Waals surface area contributed by atoms with Gasteiger partial charge in [-0.3, -0.25) is 0 Å². The zero-order chi connectivity index (χ0) is 21.5. The minimum absolute atomic E-state index is 0.336. The normalized spacial score (nSPS) is 11.3. The molecule has 0 radical (unpaired) electrons. The first-order valence-corrected chi connectivity index (χ1v) is 9.92. The van der Waals surface area contributed by atoms with Crippen molar-refractivity contribution in [3.05, 3.63) is 96.6 Å². The van der Waals surface area contributed by atoms with Crippen LogP contribution < -0.4 is 15.8 Å². The van der Waals surface area contributed by atoms with Crippen molar-refractivity contribution in [2.45, 2.75) is 13.1 Å². The van der Waals surface area contributed by atoms with Gasteiger partial charge in [0, 0.05) is 0 Å². The van der Waals surface area contributed by atoms with E-state index < -0.39 is 0 Å². The monoisotopic (exact) mass is 412 g/mol. The van der Waals surface area contributed by atoms with Crippen molar-refractivity contribution in [3.8, 4) is 16.9 Å². The lowest BCUT2D eigenvalue weighted by molar-refractivity contribution is 0.417. The van der Waals surface area contributed by atoms with E-state index in [0.717, 1.165) is 27.9 Å². The Morgan fingerprint density at radius 3 is 2.58 bits per heavy atom. The molecule has 0 atom stereocenters. The number of anilines is 1. The maximum atomic E-state index is 6.12. The van der Waals surface area contributed by atoms with Crippen molar-refractivity contribution in [3.63, 3.8) is 0 Å². The molecule has 156 valence electrons. The summed E-state index contributed by atoms with van der Waals surface area (Å²) < 4.78 is 7.15. The van der Waals surface area contributed by atoms with Crippen LogP contribution in [0.25, 0.3) is 11.1 Å². The highest BCUT2D eigenvalue weighted by atomic mass is 16.5. The molecule has 1 heterocycles. The summed E-state index contributed by atoms with van der Waals surface area (Å²) in [6, 6.07) is 24.2. The summed E-state index contributed by atoms with van der Waals surface area (Å²) in [5.74, 6) is 1.05. The van der Waals surface area contributed by atoms with Crippen molar-refractivity contribution in [2.75, 3.05) is 12.4 Å². The Morgan fingerprint density at radius 1 is 1.03 bits per heavy atom. The number of guanidine groups is 1. The molecular weight excluding hydrogens is 388 g/mol. The van der Waals surface area contributed by atoms with Gasteiger partial charge in [-0.25, -0.2) is 14.7 Å². The highest BCUT2D eigenvalue weighted by Gasteiger charge is 2.06. The Balaban J connectivity index is 1.49. The Bertz CT molecular complexity index is 1150. The molecular formula is C24H24N6O. The second-order valence-electron chi connectivity index (χ2n) is 6.97. The number of hydrogen-bond donors (Lipinski definition) is 2. The predicted molar refractivity (Wildman–Crippen MR) is 123 cm³/mol. The number of rotatable bonds is 7. The van der Waals surface area contributed by atoms with E-state index in [1.165, 1.54) is 0 Å². The van der Waals surface area contributed by atoms with E-state index in [1.54, 1.807) is 24.4 Å². The fraction of sp³-hybridized carbons (Fsp3) is 0.125. The Labute approximate surface area is 181 Å². The van der Waals surface area contributed by atoms with Crippen LogP contribution in [0.2, 0.25) is 0 Å². The molecule has 7 nitrogen and oxygen atoms in total. The molecule has 0 aliphatic carbocycles. The summed E-state index contributed by atoms with van der Waals surface area (Å²) in [5.41, 5.74) is 11.4. The molecule has 0 aliphatic rings. The van der Waals surface area contributed by atoms with Gasteiger partial charge in [-0.2, -0.15) is 5.10 Å². The zero-order valence-corrected chi connectivity index (χ0v) is 17.3. The van der Waals surface area contributed by atoms with E-state index in [9.17, 15) is 0 Å². The lowest BCUT2D eigenvalue weighted by atomic mass is 9.98. The summed E-state index contributed by atoms with van der Waals surface area (Å²) in [6.45, 7) is 1.15. The minimum Gasteiger partial charge on any atom is -0.495 e. The number of hydrogen-bond acceptors (Lipinski definition) is 4. The van der Waals surface area contributed by atoms with E-state index in [1.807, 2.05) is 36.4 Å². The van der Waals surface area contributed by atoms with Crippen LogP contribution in [0.15, 0.2) is 90.4 Å². The minimum atomic E-state index is 0.336. The van der Waals surface area contributed by atoms with Gasteiger partial charge < -0.3 is 15.8 Å². The molecule has 1 aromatic heterocycles. The lowest BCUT2D eigenvalue weighted by Gasteiger charge is -2.11. The van der Waals surface area contributed by atoms with Crippen molar-refractivity contribution < 1.29 is 4.74 Å². The zero-order valence-electron chi connectivity index (χ0n) is 17.3. The molecule has 3 aromatic carbocycles. The van der Waals surface area contributed by atoms with Gasteiger partial charge in [0.25, 0.3) is 0 Å². The lowest BCUT2D eigenvalue weighted by Crippen LogP contribution is -2.23. The van der Waals surface area contributed by atoms with Gasteiger partial charge >= 0.3 is 0 Å². The number of aliphatic imine (C=N–C) groups is 1. The first kappa shape index (κ1) is 20.2. The Morgan fingerprint density at radius 2 is 1.81 bits per heavy atom. The standard InChI is InChI=1S/C24H24N6O/c1-31-23-9-5-4-8-22(23)29-24(25)27-14-20-6-2-3-7-21(20)19-12-10-18(11-13-19)15-30-17-26-16-28-30/h2-13,16-17H,14-15H2,1H3,(H3,25,27,29). The van der Waals surface area contributed by atoms with Crippen LogP contribution in [0.3, 0.4) is 0 Å². The molecule has 0 saturated heterocycles. The number of benzene rings is 3. The molecule has 31 heavy (non-hydrogen) atoms. The van der Waals surface area contributed by atoms with Crippen LogP contribution in [0.5, 0.6) is 5.75 Å². The SMILES string of the molecule is COc1ccccc1NC(N)=NCc1ccccc1-c1ccc(Cn2cncn2)cc1. The average molecular weight is 412 g/mol. The van der Waals surface area contributed by atoms with Gasteiger partial charge in [-0.15, -0.1) is 0 Å². The van der Waals surface area contributed by atoms with Crippen LogP contribution in [0.1, 0.15) is 11.1 Å². The van der Waals surface area contributed by atoms with Crippen molar-refractivity contribution in [1.82, 2.24) is 14.8 Å². The van der Waals surface area contributed by atoms with Crippen LogP contribution >= 0.6 is 0 Å². The summed E-state index contributed by atoms with van der Waals surface area (Å²) >= 11 is 0. The molecule has 0 aliphatic heterocycles. The van der Waals surface area contributed by atoms with Crippen LogP contribution in [-0.2, 0) is 13.1 Å². The van der Waals surface area contributed by atoms with Gasteiger partial charge in [0.05, 0.1) is 25.9 Å². The molecule has 0 fully saturated rings. The highest BCUT2D eigenvalue weighted by molar-refractivity contribution is 5.93. The maximum Gasteiger partial charge on any atom is 0.193 e. The molecule has 4 aromatic rings. The number of para-hydroxylation sites is 2. The fourth-order valence-corrected chi connectivity index (χ4v) is 3.33. The molecule has 0 amide bonds. The van der Waals surface area contributed by atoms with E-state index in [-0.39, 0.29) is 0 Å². The molecule has 3 N–H and O–H groups in total. The number of nitrogens with two attached hydrogens (primary N) is 1. The van der Waals surface area contributed by atoms with Gasteiger partial charge in [-0.1, -0.05) is 60.7 Å². The smallest absolute Gasteiger partial charge is 0.193 e. The maximum absolute atomic E-state index is 6.12. The predicted octanol–water partition coefficient (Wildman–Crippen LogP) is 3.93. The molecule has 7 heteroatoms. The van der Waals surface area contributed by atoms with Crippen LogP contribution in [0.4, 0.5) is 5.69 Å². The number of aromatic nitrogens is 3. The Hall–Kier alpha value is -4.13. The molecule has 0 saturated carbocycles. The third-order valence-electron chi connectivity index (χ3n) is 4.88. The van der Waals surface area contributed by atoms with E-state index >= 15 is 0 Å². The molecule has 0 unspecified atom stereocenters. The van der Waals surface area contributed by atoms with Gasteiger partial charge in [0.2, 0.25) is 0 Å². The van der Waals surface area contributed by atoms with Crippen LogP contribution in [-0.4, -0.2) is 27.8 Å². The first-order chi connectivity index (χ1) is 15.2. The summed E-state index contributed by atoms with van der Waals surface area (Å²) in [7, 11) is 1.63. The second-order valence-corrected chi connectivity index (χ2v) is 6.97. The van der Waals surface area contributed by atoms with Crippen molar-refractivity contribution >= 4 is 11.6 Å². The van der Waals surface area contributed by atoms with Crippen molar-refractivity contribution in [1.29, 1.82) is 0 Å². The van der Waals surface area contributed by atoms with Gasteiger partial charge in [0.1, 0.15) is 18.4 Å². The number of nitrogens with one attached hydrogen (secondary N) is 1. The summed E-state index contributed by atoms with van der Waals surface area (Å²) in [6.07, 6.45) is 3.25. The topological polar surface area (TPSA) is 90.3 Å². The number of ether oxygens (including phenoxy) is 1. The Kier molecular flexibility index (Phi) is 6.23. The third-order valence-corrected chi connectivity index (χ3v) is 4.88. The van der Waals surface area contributed by atoms with E-state index in [0.29, 0.717) is 24.8 Å². The molecule has 4 rings (SSSR count). The fourth-order valence-electron chi connectivity index (χ4n) is 3.33. The first-order valence-electron chi connectivity index (χ1n) is 9.92. The summed E-state index contributed by atoms with van der Waals surface area (Å²) in [5, 5.41) is 7.26. The van der Waals surface area contributed by atoms with Crippen molar-refractivity contribution in [2.24, 2.45) is 10.7 Å². The van der Waals surface area contributed by atoms with E-state index in [4.69, 9.17) is 10.5 Å². The van der Waals surface area contributed by atoms with E-state index in [2.05, 4.69) is 56.8 Å².